The minimum Gasteiger partial charge on any atom is -0.385 e. The van der Waals surface area contributed by atoms with E-state index in [-0.39, 0.29) is 5.60 Å². The molecule has 0 aliphatic carbocycles. The molecule has 2 N–H and O–H groups in total. The normalized spacial score (nSPS) is 13.1. The molecule has 0 spiro atoms. The van der Waals surface area contributed by atoms with Gasteiger partial charge in [0.15, 0.2) is 6.29 Å². The third-order valence-electron chi connectivity index (χ3n) is 3.11. The minimum atomic E-state index is -0.829. The van der Waals surface area contributed by atoms with E-state index in [0.717, 1.165) is 40.4 Å². The zero-order chi connectivity index (χ0) is 18.0. The molecular formula is C19H27Br2NO2. The number of unbranched alkanes of at least 4 members (excludes halogenated alkanes) is 2. The lowest BCUT2D eigenvalue weighted by atomic mass is 10.1. The van der Waals surface area contributed by atoms with Crippen LogP contribution in [0.25, 0.3) is 6.08 Å². The molecule has 24 heavy (non-hydrogen) atoms. The molecule has 0 bridgehead atoms. The molecule has 0 aliphatic heterocycles. The fourth-order valence-electron chi connectivity index (χ4n) is 2.13. The number of benzene rings is 1. The van der Waals surface area contributed by atoms with Crippen molar-refractivity contribution in [2.75, 3.05) is 11.9 Å². The lowest BCUT2D eigenvalue weighted by Crippen LogP contribution is -2.25. The molecule has 0 saturated carbocycles. The Morgan fingerprint density at radius 2 is 1.96 bits per heavy atom. The van der Waals surface area contributed by atoms with Gasteiger partial charge in [0, 0.05) is 12.2 Å². The monoisotopic (exact) mass is 459 g/mol. The Bertz CT molecular complexity index is 547. The van der Waals surface area contributed by atoms with Crippen LogP contribution in [-0.2, 0) is 4.74 Å². The van der Waals surface area contributed by atoms with Crippen LogP contribution in [0.2, 0.25) is 0 Å². The summed E-state index contributed by atoms with van der Waals surface area (Å²) >= 11 is 6.79. The van der Waals surface area contributed by atoms with Gasteiger partial charge in [0.05, 0.1) is 8.99 Å². The number of aliphatic hydroxyl groups excluding tert-OH is 1. The van der Waals surface area contributed by atoms with Gasteiger partial charge >= 0.3 is 0 Å². The van der Waals surface area contributed by atoms with E-state index in [0.29, 0.717) is 0 Å². The Labute approximate surface area is 162 Å². The number of hydrogen-bond donors (Lipinski definition) is 2. The van der Waals surface area contributed by atoms with Gasteiger partial charge in [0.1, 0.15) is 0 Å². The Balaban J connectivity index is 2.27. The zero-order valence-electron chi connectivity index (χ0n) is 14.6. The first-order chi connectivity index (χ1) is 11.3. The molecular weight excluding hydrogens is 434 g/mol. The second kappa shape index (κ2) is 11.1. The van der Waals surface area contributed by atoms with Gasteiger partial charge in [-0.05, 0) is 95.7 Å². The highest BCUT2D eigenvalue weighted by atomic mass is 79.9. The molecule has 1 rings (SSSR count). The van der Waals surface area contributed by atoms with Crippen molar-refractivity contribution < 1.29 is 9.84 Å². The number of nitrogens with one attached hydrogen (secondary N) is 1. The van der Waals surface area contributed by atoms with Crippen molar-refractivity contribution in [2.45, 2.75) is 51.9 Å². The number of rotatable bonds is 9. The summed E-state index contributed by atoms with van der Waals surface area (Å²) in [4.78, 5) is 0. The molecule has 0 saturated heterocycles. The van der Waals surface area contributed by atoms with Gasteiger partial charge in [0.2, 0.25) is 0 Å². The summed E-state index contributed by atoms with van der Waals surface area (Å²) < 4.78 is 6.33. The third-order valence-corrected chi connectivity index (χ3v) is 3.57. The van der Waals surface area contributed by atoms with Crippen LogP contribution in [0, 0.1) is 0 Å². The first-order valence-electron chi connectivity index (χ1n) is 8.16. The van der Waals surface area contributed by atoms with Crippen LogP contribution in [0.4, 0.5) is 5.69 Å². The van der Waals surface area contributed by atoms with E-state index in [2.05, 4.69) is 49.3 Å². The molecule has 1 unspecified atom stereocenters. The number of hydrogen-bond acceptors (Lipinski definition) is 3. The summed E-state index contributed by atoms with van der Waals surface area (Å²) in [6, 6.07) is 8.20. The molecule has 1 aromatic rings. The zero-order valence-corrected chi connectivity index (χ0v) is 17.7. The van der Waals surface area contributed by atoms with E-state index in [4.69, 9.17) is 4.74 Å². The maximum absolute atomic E-state index is 9.70. The maximum atomic E-state index is 9.70. The summed E-state index contributed by atoms with van der Waals surface area (Å²) in [7, 11) is 0. The minimum absolute atomic E-state index is 0.334. The standard InChI is InChI=1S/C19H27Br2NO2/c1-19(2,3)24-18(23)12-6-4-5-9-13-22-16-11-8-7-10-15(16)14-17(20)21/h6-8,10-12,14,18,22-23H,4-5,9,13H2,1-3H3/b12-6+. The molecule has 134 valence electrons. The average molecular weight is 461 g/mol. The number of anilines is 1. The first-order valence-corrected chi connectivity index (χ1v) is 9.75. The Morgan fingerprint density at radius 1 is 1.25 bits per heavy atom. The Kier molecular flexibility index (Phi) is 9.89. The highest BCUT2D eigenvalue weighted by Crippen LogP contribution is 2.23. The summed E-state index contributed by atoms with van der Waals surface area (Å²) in [5, 5.41) is 13.2. The van der Waals surface area contributed by atoms with Crippen LogP contribution in [-0.4, -0.2) is 23.5 Å². The second-order valence-corrected chi connectivity index (χ2v) is 9.27. The summed E-state index contributed by atoms with van der Waals surface area (Å²) in [6.45, 7) is 6.70. The van der Waals surface area contributed by atoms with Crippen LogP contribution >= 0.6 is 31.9 Å². The highest BCUT2D eigenvalue weighted by Gasteiger charge is 2.13. The summed E-state index contributed by atoms with van der Waals surface area (Å²) in [5.74, 6) is 0. The van der Waals surface area contributed by atoms with Crippen molar-refractivity contribution in [1.29, 1.82) is 0 Å². The highest BCUT2D eigenvalue weighted by molar-refractivity contribution is 9.28. The van der Waals surface area contributed by atoms with Crippen molar-refractivity contribution in [2.24, 2.45) is 0 Å². The van der Waals surface area contributed by atoms with Crippen LogP contribution < -0.4 is 5.32 Å². The first kappa shape index (κ1) is 21.4. The van der Waals surface area contributed by atoms with Crippen LogP contribution in [0.5, 0.6) is 0 Å². The third kappa shape index (κ3) is 10.3. The largest absolute Gasteiger partial charge is 0.385 e. The van der Waals surface area contributed by atoms with Gasteiger partial charge in [-0.3, -0.25) is 0 Å². The van der Waals surface area contributed by atoms with Crippen LogP contribution in [0.15, 0.2) is 39.8 Å². The predicted octanol–water partition coefficient (Wildman–Crippen LogP) is 6.05. The SMILES string of the molecule is CC(C)(C)OC(O)/C=C/CCCCNc1ccccc1C=C(Br)Br. The number of ether oxygens (including phenoxy) is 1. The topological polar surface area (TPSA) is 41.5 Å². The van der Waals surface area contributed by atoms with E-state index in [9.17, 15) is 5.11 Å². The summed E-state index contributed by atoms with van der Waals surface area (Å²) in [6.07, 6.45) is 7.95. The Hall–Kier alpha value is -0.620. The fraction of sp³-hybridized carbons (Fsp3) is 0.474. The van der Waals surface area contributed by atoms with Crippen LogP contribution in [0.1, 0.15) is 45.6 Å². The molecule has 1 atom stereocenters. The molecule has 1 aromatic carbocycles. The van der Waals surface area contributed by atoms with E-state index in [1.54, 1.807) is 6.08 Å². The van der Waals surface area contributed by atoms with Gasteiger partial charge in [0.25, 0.3) is 0 Å². The van der Waals surface area contributed by atoms with E-state index in [1.165, 1.54) is 0 Å². The van der Waals surface area contributed by atoms with Gasteiger partial charge in [-0.1, -0.05) is 24.3 Å². The quantitative estimate of drug-likeness (QED) is 0.268. The second-order valence-electron chi connectivity index (χ2n) is 6.49. The van der Waals surface area contributed by atoms with Gasteiger partial charge < -0.3 is 15.2 Å². The van der Waals surface area contributed by atoms with Crippen molar-refractivity contribution >= 4 is 43.6 Å². The lowest BCUT2D eigenvalue weighted by molar-refractivity contribution is -0.137. The fourth-order valence-corrected chi connectivity index (χ4v) is 2.62. The molecule has 5 heteroatoms. The smallest absolute Gasteiger partial charge is 0.174 e. The van der Waals surface area contributed by atoms with Crippen molar-refractivity contribution in [3.05, 3.63) is 45.4 Å². The number of aliphatic hydroxyl groups is 1. The molecule has 0 fully saturated rings. The lowest BCUT2D eigenvalue weighted by Gasteiger charge is -2.21. The van der Waals surface area contributed by atoms with Crippen molar-refractivity contribution in [1.82, 2.24) is 0 Å². The Morgan fingerprint density at radius 3 is 2.62 bits per heavy atom. The van der Waals surface area contributed by atoms with E-state index < -0.39 is 6.29 Å². The molecule has 3 nitrogen and oxygen atoms in total. The number of allylic oxidation sites excluding steroid dienone is 1. The van der Waals surface area contributed by atoms with E-state index >= 15 is 0 Å². The van der Waals surface area contributed by atoms with Gasteiger partial charge in [-0.2, -0.15) is 0 Å². The predicted molar refractivity (Wildman–Crippen MR) is 111 cm³/mol. The molecule has 0 aromatic heterocycles. The average Bonchev–Trinajstić information content (AvgIpc) is 2.45. The molecule has 0 aliphatic rings. The number of para-hydroxylation sites is 1. The van der Waals surface area contributed by atoms with E-state index in [1.807, 2.05) is 45.1 Å². The molecule has 0 radical (unpaired) electrons. The van der Waals surface area contributed by atoms with Gasteiger partial charge in [-0.15, -0.1) is 0 Å². The number of halogens is 2. The maximum Gasteiger partial charge on any atom is 0.174 e. The van der Waals surface area contributed by atoms with Crippen molar-refractivity contribution in [3.63, 3.8) is 0 Å². The van der Waals surface area contributed by atoms with Crippen LogP contribution in [0.3, 0.4) is 0 Å². The molecule has 0 amide bonds. The van der Waals surface area contributed by atoms with Gasteiger partial charge in [-0.25, -0.2) is 0 Å². The molecule has 0 heterocycles. The van der Waals surface area contributed by atoms with Crippen molar-refractivity contribution in [3.8, 4) is 0 Å². The summed E-state index contributed by atoms with van der Waals surface area (Å²) in [5.41, 5.74) is 1.93.